The summed E-state index contributed by atoms with van der Waals surface area (Å²) in [6.45, 7) is 1.98. The summed E-state index contributed by atoms with van der Waals surface area (Å²) in [4.78, 5) is 5.40. The van der Waals surface area contributed by atoms with Crippen molar-refractivity contribution in [3.63, 3.8) is 0 Å². The highest BCUT2D eigenvalue weighted by atomic mass is 35.5. The van der Waals surface area contributed by atoms with E-state index in [2.05, 4.69) is 10.3 Å². The first-order chi connectivity index (χ1) is 8.54. The second kappa shape index (κ2) is 5.00. The standard InChI is InChI=1S/C12H9ClFN3S.ClH/c1-5-2-6-11(15)16-9-3-7(13)8(14)4-10(9)17-12(6)18-5;/h2-4,17H,1H3,(H2,15,16);1H. The Hall–Kier alpha value is -1.30. The minimum Gasteiger partial charge on any atom is -0.383 e. The Morgan fingerprint density at radius 1 is 1.37 bits per heavy atom. The molecule has 1 aliphatic rings. The van der Waals surface area contributed by atoms with Gasteiger partial charge in [0.05, 0.1) is 22.0 Å². The van der Waals surface area contributed by atoms with Crippen LogP contribution in [0.15, 0.2) is 23.2 Å². The van der Waals surface area contributed by atoms with Crippen LogP contribution in [0, 0.1) is 12.7 Å². The average molecular weight is 318 g/mol. The van der Waals surface area contributed by atoms with E-state index in [0.29, 0.717) is 17.2 Å². The lowest BCUT2D eigenvalue weighted by atomic mass is 10.2. The van der Waals surface area contributed by atoms with Gasteiger partial charge in [-0.25, -0.2) is 9.38 Å². The molecule has 3 nitrogen and oxygen atoms in total. The molecule has 0 atom stereocenters. The van der Waals surface area contributed by atoms with Crippen molar-refractivity contribution in [1.82, 2.24) is 0 Å². The van der Waals surface area contributed by atoms with E-state index in [-0.39, 0.29) is 17.4 Å². The van der Waals surface area contributed by atoms with Crippen LogP contribution in [-0.4, -0.2) is 5.84 Å². The van der Waals surface area contributed by atoms with Gasteiger partial charge in [0.15, 0.2) is 0 Å². The first-order valence-corrected chi connectivity index (χ1v) is 6.45. The third-order valence-corrected chi connectivity index (χ3v) is 3.91. The van der Waals surface area contributed by atoms with E-state index in [1.54, 1.807) is 11.3 Å². The number of thiophene rings is 1. The van der Waals surface area contributed by atoms with Gasteiger partial charge in [-0.2, -0.15) is 0 Å². The summed E-state index contributed by atoms with van der Waals surface area (Å²) in [6, 6.07) is 4.75. The first-order valence-electron chi connectivity index (χ1n) is 5.25. The van der Waals surface area contributed by atoms with Crippen LogP contribution in [0.4, 0.5) is 20.8 Å². The Balaban J connectivity index is 0.00000133. The minimum atomic E-state index is -0.478. The maximum atomic E-state index is 13.5. The van der Waals surface area contributed by atoms with Crippen molar-refractivity contribution in [3.05, 3.63) is 39.5 Å². The van der Waals surface area contributed by atoms with Crippen molar-refractivity contribution in [1.29, 1.82) is 0 Å². The molecule has 1 aromatic heterocycles. The summed E-state index contributed by atoms with van der Waals surface area (Å²) in [6.07, 6.45) is 0. The summed E-state index contributed by atoms with van der Waals surface area (Å²) in [7, 11) is 0. The molecule has 0 bridgehead atoms. The van der Waals surface area contributed by atoms with Crippen LogP contribution in [0.2, 0.25) is 5.02 Å². The average Bonchev–Trinajstić information content (AvgIpc) is 2.61. The highest BCUT2D eigenvalue weighted by Crippen LogP contribution is 2.39. The molecule has 1 aliphatic heterocycles. The minimum absolute atomic E-state index is 0. The second-order valence-corrected chi connectivity index (χ2v) is 5.67. The maximum absolute atomic E-state index is 13.5. The summed E-state index contributed by atoms with van der Waals surface area (Å²) in [5.41, 5.74) is 7.89. The van der Waals surface area contributed by atoms with Crippen molar-refractivity contribution in [2.75, 3.05) is 5.32 Å². The van der Waals surface area contributed by atoms with Gasteiger partial charge in [0.25, 0.3) is 0 Å². The predicted octanol–water partition coefficient (Wildman–Crippen LogP) is 4.36. The highest BCUT2D eigenvalue weighted by molar-refractivity contribution is 7.16. The molecule has 3 rings (SSSR count). The molecule has 7 heteroatoms. The number of hydrogen-bond donors (Lipinski definition) is 2. The molecule has 0 saturated heterocycles. The maximum Gasteiger partial charge on any atom is 0.144 e. The van der Waals surface area contributed by atoms with E-state index < -0.39 is 5.82 Å². The first kappa shape index (κ1) is 14.1. The van der Waals surface area contributed by atoms with Crippen LogP contribution in [0.25, 0.3) is 0 Å². The number of nitrogens with two attached hydrogens (primary N) is 1. The molecule has 0 saturated carbocycles. The van der Waals surface area contributed by atoms with E-state index in [1.807, 2.05) is 13.0 Å². The van der Waals surface area contributed by atoms with Crippen molar-refractivity contribution in [2.24, 2.45) is 10.7 Å². The van der Waals surface area contributed by atoms with Gasteiger partial charge in [0, 0.05) is 10.9 Å². The zero-order valence-electron chi connectivity index (χ0n) is 9.83. The third kappa shape index (κ3) is 2.41. The topological polar surface area (TPSA) is 50.4 Å². The quantitative estimate of drug-likeness (QED) is 0.758. The summed E-state index contributed by atoms with van der Waals surface area (Å²) >= 11 is 7.30. The van der Waals surface area contributed by atoms with Crippen molar-refractivity contribution in [2.45, 2.75) is 6.92 Å². The molecule has 2 heterocycles. The summed E-state index contributed by atoms with van der Waals surface area (Å²) in [5.74, 6) is -0.0725. The number of fused-ring (bicyclic) bond motifs is 2. The van der Waals surface area contributed by atoms with Crippen LogP contribution >= 0.6 is 35.3 Å². The highest BCUT2D eigenvalue weighted by Gasteiger charge is 2.18. The van der Waals surface area contributed by atoms with Crippen LogP contribution in [-0.2, 0) is 0 Å². The van der Waals surface area contributed by atoms with E-state index in [9.17, 15) is 4.39 Å². The number of halogens is 3. The lowest BCUT2D eigenvalue weighted by molar-refractivity contribution is 0.629. The van der Waals surface area contributed by atoms with Gasteiger partial charge in [-0.1, -0.05) is 11.6 Å². The molecule has 0 radical (unpaired) electrons. The molecule has 0 aliphatic carbocycles. The van der Waals surface area contributed by atoms with Gasteiger partial charge in [-0.3, -0.25) is 0 Å². The fraction of sp³-hybridized carbons (Fsp3) is 0.0833. The monoisotopic (exact) mass is 317 g/mol. The fourth-order valence-corrected chi connectivity index (χ4v) is 2.93. The predicted molar refractivity (Wildman–Crippen MR) is 81.4 cm³/mol. The lowest BCUT2D eigenvalue weighted by Crippen LogP contribution is -2.11. The molecule has 19 heavy (non-hydrogen) atoms. The second-order valence-electron chi connectivity index (χ2n) is 4.01. The van der Waals surface area contributed by atoms with Crippen molar-refractivity contribution < 1.29 is 4.39 Å². The Morgan fingerprint density at radius 3 is 2.84 bits per heavy atom. The zero-order valence-corrected chi connectivity index (χ0v) is 12.2. The molecule has 3 N–H and O–H groups in total. The van der Waals surface area contributed by atoms with E-state index >= 15 is 0 Å². The van der Waals surface area contributed by atoms with E-state index in [0.717, 1.165) is 15.4 Å². The molecular weight excluding hydrogens is 308 g/mol. The summed E-state index contributed by atoms with van der Waals surface area (Å²) < 4.78 is 13.5. The van der Waals surface area contributed by atoms with Crippen LogP contribution in [0.3, 0.4) is 0 Å². The molecule has 0 spiro atoms. The van der Waals surface area contributed by atoms with Gasteiger partial charge in [-0.05, 0) is 19.1 Å². The number of amidine groups is 1. The Bertz CT molecular complexity index is 682. The molecule has 2 aromatic rings. The van der Waals surface area contributed by atoms with Crippen LogP contribution < -0.4 is 11.1 Å². The number of anilines is 2. The van der Waals surface area contributed by atoms with E-state index in [4.69, 9.17) is 17.3 Å². The number of rotatable bonds is 0. The molecule has 1 aromatic carbocycles. The number of nitrogens with one attached hydrogen (secondary N) is 1. The number of aryl methyl sites for hydroxylation is 1. The normalized spacial score (nSPS) is 12.5. The largest absolute Gasteiger partial charge is 0.383 e. The molecular formula is C12H10Cl2FN3S. The molecule has 0 amide bonds. The number of aliphatic imine (C=N–C) groups is 1. The molecule has 0 fully saturated rings. The molecule has 0 unspecified atom stereocenters. The Kier molecular flexibility index (Phi) is 3.71. The number of nitrogens with zero attached hydrogens (tertiary/aromatic N) is 1. The third-order valence-electron chi connectivity index (χ3n) is 2.66. The Labute approximate surface area is 124 Å². The van der Waals surface area contributed by atoms with Gasteiger partial charge in [0.2, 0.25) is 0 Å². The fourth-order valence-electron chi connectivity index (χ4n) is 1.84. The van der Waals surface area contributed by atoms with Gasteiger partial charge >= 0.3 is 0 Å². The number of benzene rings is 1. The van der Waals surface area contributed by atoms with Crippen molar-refractivity contribution in [3.8, 4) is 0 Å². The lowest BCUT2D eigenvalue weighted by Gasteiger charge is -2.06. The van der Waals surface area contributed by atoms with E-state index in [1.165, 1.54) is 12.1 Å². The SMILES string of the molecule is Cc1cc2c(s1)Nc1cc(F)c(Cl)cc1N=C2N.Cl. The van der Waals surface area contributed by atoms with Gasteiger partial charge < -0.3 is 11.1 Å². The summed E-state index contributed by atoms with van der Waals surface area (Å²) in [5, 5.41) is 4.05. The molecule has 100 valence electrons. The van der Waals surface area contributed by atoms with Crippen LogP contribution in [0.1, 0.15) is 10.4 Å². The van der Waals surface area contributed by atoms with Gasteiger partial charge in [-0.15, -0.1) is 23.7 Å². The number of hydrogen-bond acceptors (Lipinski definition) is 4. The van der Waals surface area contributed by atoms with Gasteiger partial charge in [0.1, 0.15) is 16.7 Å². The van der Waals surface area contributed by atoms with Crippen LogP contribution in [0.5, 0.6) is 0 Å². The zero-order chi connectivity index (χ0) is 12.9. The van der Waals surface area contributed by atoms with Crippen molar-refractivity contribution >= 4 is 57.6 Å². The smallest absolute Gasteiger partial charge is 0.144 e. The Morgan fingerprint density at radius 2 is 2.11 bits per heavy atom.